The second kappa shape index (κ2) is 13.1. The van der Waals surface area contributed by atoms with E-state index in [9.17, 15) is 0 Å². The number of thiophene rings is 1. The van der Waals surface area contributed by atoms with Gasteiger partial charge in [-0.05, 0) is 100 Å². The molecule has 10 rings (SSSR count). The topological polar surface area (TPSA) is 8.17 Å². The van der Waals surface area contributed by atoms with Crippen LogP contribution in [-0.4, -0.2) is 4.57 Å². The van der Waals surface area contributed by atoms with Gasteiger partial charge in [0.2, 0.25) is 0 Å². The van der Waals surface area contributed by atoms with Gasteiger partial charge < -0.3 is 9.47 Å². The molecule has 250 valence electrons. The van der Waals surface area contributed by atoms with E-state index >= 15 is 0 Å². The molecule has 10 aromatic rings. The fourth-order valence-electron chi connectivity index (χ4n) is 7.62. The number of para-hydroxylation sites is 1. The molecule has 0 bridgehead atoms. The maximum atomic E-state index is 2.42. The minimum Gasteiger partial charge on any atom is -0.311 e. The SMILES string of the molecule is c1ccc(-c2ccc(N(c3ccc(-c4ccccc4)cc3)c3ccc(-c4ccc5c(c4)c4c6ccccc6sc4n5-c4ccccc4)cc3)cc2)cc1. The van der Waals surface area contributed by atoms with Crippen LogP contribution >= 0.6 is 11.3 Å². The first-order chi connectivity index (χ1) is 26.3. The predicted octanol–water partition coefficient (Wildman–Crippen LogP) is 14.5. The molecule has 53 heavy (non-hydrogen) atoms. The first-order valence-electron chi connectivity index (χ1n) is 18.0. The average Bonchev–Trinajstić information content (AvgIpc) is 3.77. The fraction of sp³-hybridized carbons (Fsp3) is 0. The number of hydrogen-bond donors (Lipinski definition) is 0. The van der Waals surface area contributed by atoms with Gasteiger partial charge in [-0.25, -0.2) is 0 Å². The standard InChI is InChI=1S/C50H34N2S/c1-4-12-35(13-5-1)37-20-27-42(28-21-37)51(43-29-22-38(23-30-43)36-14-6-2-7-15-36)44-31-24-39(25-32-44)40-26-33-47-46(34-40)49-45-18-10-11-19-48(45)53-50(49)52(47)41-16-8-3-9-17-41/h1-34H. The molecule has 8 aromatic carbocycles. The van der Waals surface area contributed by atoms with E-state index in [1.807, 2.05) is 11.3 Å². The van der Waals surface area contributed by atoms with Crippen LogP contribution in [0, 0.1) is 0 Å². The Kier molecular flexibility index (Phi) is 7.71. The summed E-state index contributed by atoms with van der Waals surface area (Å²) >= 11 is 1.87. The van der Waals surface area contributed by atoms with Crippen LogP contribution in [-0.2, 0) is 0 Å². The van der Waals surface area contributed by atoms with Crippen molar-refractivity contribution in [3.63, 3.8) is 0 Å². The van der Waals surface area contributed by atoms with Crippen molar-refractivity contribution in [3.05, 3.63) is 206 Å². The molecule has 0 spiro atoms. The molecule has 0 fully saturated rings. The molecule has 0 saturated carbocycles. The summed E-state index contributed by atoms with van der Waals surface area (Å²) in [5, 5.41) is 3.92. The summed E-state index contributed by atoms with van der Waals surface area (Å²) in [6.45, 7) is 0. The highest BCUT2D eigenvalue weighted by Crippen LogP contribution is 2.44. The number of benzene rings is 8. The lowest BCUT2D eigenvalue weighted by molar-refractivity contribution is 1.19. The van der Waals surface area contributed by atoms with E-state index in [0.29, 0.717) is 0 Å². The van der Waals surface area contributed by atoms with Crippen LogP contribution in [0.5, 0.6) is 0 Å². The summed E-state index contributed by atoms with van der Waals surface area (Å²) in [5.74, 6) is 0. The minimum atomic E-state index is 1.11. The Bertz CT molecular complexity index is 2750. The van der Waals surface area contributed by atoms with Crippen molar-refractivity contribution in [1.82, 2.24) is 4.57 Å². The van der Waals surface area contributed by atoms with Crippen LogP contribution in [0.3, 0.4) is 0 Å². The molecule has 0 saturated heterocycles. The first kappa shape index (κ1) is 31.1. The molecule has 2 aromatic heterocycles. The smallest absolute Gasteiger partial charge is 0.109 e. The summed E-state index contributed by atoms with van der Waals surface area (Å²) in [7, 11) is 0. The zero-order chi connectivity index (χ0) is 35.1. The maximum absolute atomic E-state index is 2.42. The van der Waals surface area contributed by atoms with Gasteiger partial charge in [0, 0.05) is 43.6 Å². The lowest BCUT2D eigenvalue weighted by Crippen LogP contribution is -2.09. The van der Waals surface area contributed by atoms with Gasteiger partial charge in [0.1, 0.15) is 4.83 Å². The Balaban J connectivity index is 1.06. The van der Waals surface area contributed by atoms with E-state index in [1.165, 1.54) is 70.3 Å². The Morgan fingerprint density at radius 1 is 0.358 bits per heavy atom. The normalized spacial score (nSPS) is 11.4. The second-order valence-electron chi connectivity index (χ2n) is 13.4. The fourth-order valence-corrected chi connectivity index (χ4v) is 8.87. The van der Waals surface area contributed by atoms with Crippen LogP contribution in [0.15, 0.2) is 206 Å². The number of rotatable bonds is 7. The molecule has 0 aliphatic rings. The molecule has 0 amide bonds. The van der Waals surface area contributed by atoms with Crippen molar-refractivity contribution in [2.24, 2.45) is 0 Å². The molecule has 0 aliphatic carbocycles. The number of fused-ring (bicyclic) bond motifs is 5. The highest BCUT2D eigenvalue weighted by atomic mass is 32.1. The van der Waals surface area contributed by atoms with Crippen molar-refractivity contribution >= 4 is 59.6 Å². The molecular formula is C50H34N2S. The quantitative estimate of drug-likeness (QED) is 0.161. The second-order valence-corrected chi connectivity index (χ2v) is 14.4. The summed E-state index contributed by atoms with van der Waals surface area (Å²) < 4.78 is 3.74. The lowest BCUT2D eigenvalue weighted by atomic mass is 10.0. The first-order valence-corrected chi connectivity index (χ1v) is 18.8. The predicted molar refractivity (Wildman–Crippen MR) is 227 cm³/mol. The zero-order valence-electron chi connectivity index (χ0n) is 28.9. The monoisotopic (exact) mass is 694 g/mol. The largest absolute Gasteiger partial charge is 0.311 e. The third-order valence-electron chi connectivity index (χ3n) is 10.2. The number of anilines is 3. The Morgan fingerprint density at radius 2 is 0.792 bits per heavy atom. The maximum Gasteiger partial charge on any atom is 0.109 e. The number of aromatic nitrogens is 1. The van der Waals surface area contributed by atoms with Crippen LogP contribution in [0.2, 0.25) is 0 Å². The molecule has 0 radical (unpaired) electrons. The van der Waals surface area contributed by atoms with E-state index in [2.05, 4.69) is 216 Å². The van der Waals surface area contributed by atoms with Gasteiger partial charge >= 0.3 is 0 Å². The molecule has 0 unspecified atom stereocenters. The van der Waals surface area contributed by atoms with Gasteiger partial charge in [0.25, 0.3) is 0 Å². The highest BCUT2D eigenvalue weighted by Gasteiger charge is 2.19. The minimum absolute atomic E-state index is 1.11. The van der Waals surface area contributed by atoms with E-state index < -0.39 is 0 Å². The van der Waals surface area contributed by atoms with Gasteiger partial charge in [0.05, 0.1) is 5.52 Å². The van der Waals surface area contributed by atoms with Crippen molar-refractivity contribution in [2.75, 3.05) is 4.90 Å². The summed E-state index contributed by atoms with van der Waals surface area (Å²) in [4.78, 5) is 3.63. The number of nitrogens with zero attached hydrogens (tertiary/aromatic N) is 2. The Hall–Kier alpha value is -6.68. The van der Waals surface area contributed by atoms with Crippen LogP contribution < -0.4 is 4.90 Å². The molecule has 0 atom stereocenters. The highest BCUT2D eigenvalue weighted by molar-refractivity contribution is 7.25. The average molecular weight is 695 g/mol. The van der Waals surface area contributed by atoms with Gasteiger partial charge in [0.15, 0.2) is 0 Å². The third-order valence-corrected chi connectivity index (χ3v) is 11.4. The van der Waals surface area contributed by atoms with Gasteiger partial charge in [-0.3, -0.25) is 0 Å². The van der Waals surface area contributed by atoms with Crippen molar-refractivity contribution in [3.8, 4) is 39.1 Å². The lowest BCUT2D eigenvalue weighted by Gasteiger charge is -2.26. The Morgan fingerprint density at radius 3 is 1.34 bits per heavy atom. The summed E-state index contributed by atoms with van der Waals surface area (Å²) in [6.07, 6.45) is 0. The van der Waals surface area contributed by atoms with Gasteiger partial charge in [-0.15, -0.1) is 11.3 Å². The number of hydrogen-bond acceptors (Lipinski definition) is 2. The molecule has 2 heterocycles. The van der Waals surface area contributed by atoms with Crippen molar-refractivity contribution in [1.29, 1.82) is 0 Å². The summed E-state index contributed by atoms with van der Waals surface area (Å²) in [5.41, 5.74) is 13.0. The van der Waals surface area contributed by atoms with Crippen molar-refractivity contribution in [2.45, 2.75) is 0 Å². The molecule has 2 nitrogen and oxygen atoms in total. The van der Waals surface area contributed by atoms with Crippen molar-refractivity contribution < 1.29 is 0 Å². The van der Waals surface area contributed by atoms with E-state index in [-0.39, 0.29) is 0 Å². The van der Waals surface area contributed by atoms with Crippen LogP contribution in [0.1, 0.15) is 0 Å². The zero-order valence-corrected chi connectivity index (χ0v) is 29.7. The molecule has 0 N–H and O–H groups in total. The van der Waals surface area contributed by atoms with Crippen LogP contribution in [0.4, 0.5) is 17.1 Å². The van der Waals surface area contributed by atoms with Gasteiger partial charge in [-0.1, -0.05) is 140 Å². The van der Waals surface area contributed by atoms with Crippen LogP contribution in [0.25, 0.3) is 70.3 Å². The molecule has 0 aliphatic heterocycles. The van der Waals surface area contributed by atoms with E-state index in [0.717, 1.165) is 17.1 Å². The Labute approximate surface area is 313 Å². The molecule has 3 heteroatoms. The third kappa shape index (κ3) is 5.59. The van der Waals surface area contributed by atoms with E-state index in [1.54, 1.807) is 0 Å². The molecular weight excluding hydrogens is 661 g/mol. The summed E-state index contributed by atoms with van der Waals surface area (Å²) in [6, 6.07) is 74.4. The van der Waals surface area contributed by atoms with E-state index in [4.69, 9.17) is 0 Å². The van der Waals surface area contributed by atoms with Gasteiger partial charge in [-0.2, -0.15) is 0 Å².